The van der Waals surface area contributed by atoms with Crippen LogP contribution in [0.15, 0.2) is 63.7 Å². The molecule has 272 valence electrons. The Morgan fingerprint density at radius 1 is 0.824 bits per heavy atom. The average molecular weight is 700 g/mol. The van der Waals surface area contributed by atoms with Crippen LogP contribution in [0.2, 0.25) is 0 Å². The molecule has 4 aliphatic carbocycles. The Kier molecular flexibility index (Phi) is 9.59. The van der Waals surface area contributed by atoms with E-state index in [1.807, 2.05) is 6.92 Å². The second-order valence-electron chi connectivity index (χ2n) is 15.6. The molecule has 1 N–H and O–H groups in total. The van der Waals surface area contributed by atoms with Gasteiger partial charge in [0, 0.05) is 5.92 Å². The molecule has 51 heavy (non-hydrogen) atoms. The minimum Gasteiger partial charge on any atom is -0.497 e. The van der Waals surface area contributed by atoms with Crippen molar-refractivity contribution in [2.24, 2.45) is 51.3 Å². The number of rotatable bonds is 7. The first-order valence-electron chi connectivity index (χ1n) is 18.3. The number of aliphatic hydroxyl groups is 1. The predicted molar refractivity (Wildman–Crippen MR) is 189 cm³/mol. The van der Waals surface area contributed by atoms with Crippen molar-refractivity contribution in [3.63, 3.8) is 0 Å². The maximum Gasteiger partial charge on any atom is 0.368 e. The highest BCUT2D eigenvalue weighted by atomic mass is 16.5. The van der Waals surface area contributed by atoms with Crippen LogP contribution < -0.4 is 20.2 Å². The van der Waals surface area contributed by atoms with Gasteiger partial charge in [0.25, 0.3) is 5.91 Å². The van der Waals surface area contributed by atoms with Gasteiger partial charge in [-0.2, -0.15) is 19.5 Å². The van der Waals surface area contributed by atoms with Gasteiger partial charge in [-0.05, 0) is 159 Å². The van der Waals surface area contributed by atoms with Gasteiger partial charge in [-0.25, -0.2) is 4.79 Å². The minimum absolute atomic E-state index is 0.000825. The molecule has 1 aliphatic heterocycles. The predicted octanol–water partition coefficient (Wildman–Crippen LogP) is 5.44. The molecule has 1 amide bonds. The summed E-state index contributed by atoms with van der Waals surface area (Å²) in [6.07, 6.45) is 9.78. The molecule has 2 aromatic carbocycles. The van der Waals surface area contributed by atoms with Crippen molar-refractivity contribution in [2.75, 3.05) is 25.8 Å². The van der Waals surface area contributed by atoms with Crippen LogP contribution >= 0.6 is 0 Å². The Balaban J connectivity index is 0.000000243. The Morgan fingerprint density at radius 3 is 2.14 bits per heavy atom. The average Bonchev–Trinajstić information content (AvgIpc) is 3.84. The van der Waals surface area contributed by atoms with Crippen molar-refractivity contribution < 1.29 is 24.2 Å². The maximum absolute atomic E-state index is 13.6. The SMILES string of the molecule is COc1ccc(-n2nnn(CC(=O)[C@H]3CC[C@H]4[C@@H]5CC[C@@H]6C[C@](C)(O)CC[C@@H]6[C@H]5CC[C@]34C)c2=O)cc1.COc1ccc(N2N=NCC2=O)cc1. The van der Waals surface area contributed by atoms with Crippen LogP contribution in [-0.4, -0.2) is 63.0 Å². The lowest BCUT2D eigenvalue weighted by Crippen LogP contribution is -2.51. The van der Waals surface area contributed by atoms with Crippen LogP contribution in [0.25, 0.3) is 5.69 Å². The van der Waals surface area contributed by atoms with Crippen molar-refractivity contribution in [3.8, 4) is 17.2 Å². The summed E-state index contributed by atoms with van der Waals surface area (Å²) in [6, 6.07) is 14.1. The molecular weight excluding hydrogens is 650 g/mol. The molecule has 13 heteroatoms. The van der Waals surface area contributed by atoms with Gasteiger partial charge in [-0.1, -0.05) is 12.1 Å². The summed E-state index contributed by atoms with van der Waals surface area (Å²) in [7, 11) is 3.19. The van der Waals surface area contributed by atoms with E-state index in [9.17, 15) is 19.5 Å². The Hall–Kier alpha value is -4.39. The molecule has 5 aliphatic rings. The van der Waals surface area contributed by atoms with Crippen molar-refractivity contribution >= 4 is 17.4 Å². The fraction of sp³-hybridized carbons (Fsp3) is 0.605. The summed E-state index contributed by atoms with van der Waals surface area (Å²) in [5, 5.41) is 27.3. The topological polar surface area (TPSA) is 154 Å². The van der Waals surface area contributed by atoms with Gasteiger partial charge in [-0.3, -0.25) is 9.59 Å². The van der Waals surface area contributed by atoms with Gasteiger partial charge >= 0.3 is 5.69 Å². The molecule has 0 unspecified atom stereocenters. The smallest absolute Gasteiger partial charge is 0.368 e. The number of ether oxygens (including phenoxy) is 2. The third-order valence-corrected chi connectivity index (χ3v) is 12.8. The quantitative estimate of drug-likeness (QED) is 0.342. The number of tetrazole rings is 1. The monoisotopic (exact) mass is 699 g/mol. The molecular formula is C38H49N7O6. The first-order chi connectivity index (χ1) is 24.5. The van der Waals surface area contributed by atoms with E-state index in [1.54, 1.807) is 62.8 Å². The molecule has 0 radical (unpaired) electrons. The molecule has 1 aromatic heterocycles. The van der Waals surface area contributed by atoms with E-state index < -0.39 is 11.3 Å². The highest BCUT2D eigenvalue weighted by molar-refractivity contribution is 5.95. The lowest BCUT2D eigenvalue weighted by molar-refractivity contribution is -0.133. The summed E-state index contributed by atoms with van der Waals surface area (Å²) in [5.74, 6) is 4.84. The number of nitrogens with zero attached hydrogens (tertiary/aromatic N) is 7. The Labute approximate surface area is 298 Å². The largest absolute Gasteiger partial charge is 0.497 e. The number of anilines is 1. The number of amides is 1. The molecule has 0 bridgehead atoms. The van der Waals surface area contributed by atoms with Crippen LogP contribution in [0.1, 0.15) is 71.6 Å². The lowest BCUT2D eigenvalue weighted by Gasteiger charge is -2.56. The second kappa shape index (κ2) is 14.0. The number of fused-ring (bicyclic) bond motifs is 5. The van der Waals surface area contributed by atoms with Crippen LogP contribution in [0.3, 0.4) is 0 Å². The molecule has 2 heterocycles. The van der Waals surface area contributed by atoms with Crippen molar-refractivity contribution in [1.82, 2.24) is 19.8 Å². The molecule has 8 rings (SSSR count). The summed E-state index contributed by atoms with van der Waals surface area (Å²) >= 11 is 0. The zero-order chi connectivity index (χ0) is 35.9. The first kappa shape index (κ1) is 35.0. The normalized spacial score (nSPS) is 32.3. The number of ketones is 1. The molecule has 0 spiro atoms. The summed E-state index contributed by atoms with van der Waals surface area (Å²) in [4.78, 5) is 37.9. The minimum atomic E-state index is -0.491. The number of methoxy groups -OCH3 is 2. The molecule has 8 atom stereocenters. The molecule has 4 saturated carbocycles. The Bertz CT molecular complexity index is 1820. The van der Waals surface area contributed by atoms with Gasteiger partial charge in [0.15, 0.2) is 5.78 Å². The summed E-state index contributed by atoms with van der Waals surface area (Å²) < 4.78 is 12.6. The van der Waals surface area contributed by atoms with E-state index in [-0.39, 0.29) is 36.1 Å². The van der Waals surface area contributed by atoms with Crippen molar-refractivity contribution in [3.05, 3.63) is 59.0 Å². The van der Waals surface area contributed by atoms with Gasteiger partial charge in [-0.15, -0.1) is 0 Å². The third kappa shape index (κ3) is 6.72. The molecule has 4 fully saturated rings. The van der Waals surface area contributed by atoms with Crippen LogP contribution in [0, 0.1) is 40.9 Å². The second-order valence-corrected chi connectivity index (χ2v) is 15.6. The van der Waals surface area contributed by atoms with Crippen LogP contribution in [0.5, 0.6) is 11.5 Å². The van der Waals surface area contributed by atoms with E-state index >= 15 is 0 Å². The zero-order valence-corrected chi connectivity index (χ0v) is 30.0. The van der Waals surface area contributed by atoms with Gasteiger partial charge in [0.1, 0.15) is 24.6 Å². The zero-order valence-electron chi connectivity index (χ0n) is 30.0. The van der Waals surface area contributed by atoms with Crippen molar-refractivity contribution in [2.45, 2.75) is 83.8 Å². The Morgan fingerprint density at radius 2 is 1.49 bits per heavy atom. The van der Waals surface area contributed by atoms with Crippen molar-refractivity contribution in [1.29, 1.82) is 0 Å². The number of carbonyl (C=O) groups is 2. The number of hydrogen-bond donors (Lipinski definition) is 1. The number of carbonyl (C=O) groups excluding carboxylic acids is 2. The molecule has 0 saturated heterocycles. The van der Waals surface area contributed by atoms with Gasteiger partial charge < -0.3 is 14.6 Å². The number of benzene rings is 2. The lowest BCUT2D eigenvalue weighted by atomic mass is 9.49. The maximum atomic E-state index is 13.6. The summed E-state index contributed by atoms with van der Waals surface area (Å²) in [6.45, 7) is 4.47. The third-order valence-electron chi connectivity index (χ3n) is 12.8. The number of Topliss-reactive ketones (excluding diaryl/α,β-unsaturated/α-hetero) is 1. The van der Waals surface area contributed by atoms with Crippen LogP contribution in [-0.2, 0) is 16.1 Å². The summed E-state index contributed by atoms with van der Waals surface area (Å²) in [5.41, 5.74) is 0.414. The fourth-order valence-electron chi connectivity index (χ4n) is 10.3. The van der Waals surface area contributed by atoms with E-state index in [0.29, 0.717) is 34.9 Å². The van der Waals surface area contributed by atoms with E-state index in [2.05, 4.69) is 27.7 Å². The highest BCUT2D eigenvalue weighted by Gasteiger charge is 2.58. The standard InChI is InChI=1S/C29H40N4O4.C9H9N3O2/c1-28(36)14-12-21-18(16-28)4-9-23-22(21)13-15-29(2)24(23)10-11-25(29)26(34)17-32-27(35)33(31-30-32)19-5-7-20(37-3)8-6-19;1-14-8-4-2-7(3-5-8)12-9(13)6-10-11-12/h5-8,18,21-25,36H,4,9-17H2,1-3H3;2-5H,6H2,1H3/t18-,21+,22-,23-,24+,25-,28-,29+;/m1./s1. The van der Waals surface area contributed by atoms with E-state index in [1.165, 1.54) is 33.6 Å². The van der Waals surface area contributed by atoms with Gasteiger partial charge in [0.05, 0.1) is 31.2 Å². The molecule has 3 aromatic rings. The number of aromatic nitrogens is 4. The van der Waals surface area contributed by atoms with E-state index in [4.69, 9.17) is 9.47 Å². The number of hydrogen-bond acceptors (Lipinski definition) is 10. The molecule has 13 nitrogen and oxygen atoms in total. The highest BCUT2D eigenvalue weighted by Crippen LogP contribution is 2.64. The van der Waals surface area contributed by atoms with Crippen LogP contribution in [0.4, 0.5) is 5.69 Å². The van der Waals surface area contributed by atoms with E-state index in [0.717, 1.165) is 56.1 Å². The first-order valence-corrected chi connectivity index (χ1v) is 18.3. The van der Waals surface area contributed by atoms with Gasteiger partial charge in [0.2, 0.25) is 0 Å². The fourth-order valence-corrected chi connectivity index (χ4v) is 10.3.